The highest BCUT2D eigenvalue weighted by atomic mass is 31.2. The lowest BCUT2D eigenvalue weighted by molar-refractivity contribution is -0.870. The van der Waals surface area contributed by atoms with E-state index in [0.29, 0.717) is 17.4 Å². The van der Waals surface area contributed by atoms with Gasteiger partial charge in [-0.2, -0.15) is 0 Å². The maximum atomic E-state index is 13.6. The maximum absolute atomic E-state index is 13.6. The highest BCUT2D eigenvalue weighted by Gasteiger charge is 2.27. The number of nitrogens with one attached hydrogen (secondary N) is 1. The van der Waals surface area contributed by atoms with Gasteiger partial charge in [0.15, 0.2) is 0 Å². The summed E-state index contributed by atoms with van der Waals surface area (Å²) >= 11 is 0. The zero-order chi connectivity index (χ0) is 59.3. The van der Waals surface area contributed by atoms with Gasteiger partial charge in [-0.05, 0) is 83.1 Å². The van der Waals surface area contributed by atoms with Gasteiger partial charge in [-0.3, -0.25) is 14.2 Å². The molecule has 0 spiro atoms. The third-order valence-corrected chi connectivity index (χ3v) is 15.8. The number of carbonyl (C=O) groups excluding carboxylic acids is 2. The van der Waals surface area contributed by atoms with E-state index in [1.807, 2.05) is 33.3 Å². The first kappa shape index (κ1) is 78.2. The zero-order valence-electron chi connectivity index (χ0n) is 53.7. The van der Waals surface area contributed by atoms with Crippen LogP contribution in [0.15, 0.2) is 85.1 Å². The number of quaternary nitrogens is 1. The molecule has 470 valence electrons. The third-order valence-electron chi connectivity index (χ3n) is 14.8. The number of hydrogen-bond acceptors (Lipinski definition) is 7. The first-order valence-electron chi connectivity index (χ1n) is 33.9. The molecule has 3 unspecified atom stereocenters. The second-order valence-corrected chi connectivity index (χ2v) is 25.4. The van der Waals surface area contributed by atoms with Gasteiger partial charge in [0, 0.05) is 12.8 Å². The Hall–Kier alpha value is -2.81. The summed E-state index contributed by atoms with van der Waals surface area (Å²) in [6, 6.07) is -0.895. The molecule has 0 heterocycles. The van der Waals surface area contributed by atoms with E-state index in [-0.39, 0.29) is 24.9 Å². The van der Waals surface area contributed by atoms with Crippen molar-refractivity contribution in [1.29, 1.82) is 0 Å². The summed E-state index contributed by atoms with van der Waals surface area (Å²) in [5.41, 5.74) is 0. The predicted molar refractivity (Wildman–Crippen MR) is 348 cm³/mol. The average molecular weight is 1150 g/mol. The molecule has 0 aliphatic heterocycles. The van der Waals surface area contributed by atoms with Gasteiger partial charge in [0.25, 0.3) is 7.82 Å². The number of likely N-dealkylation sites (N-methyl/N-ethyl adjacent to an activating group) is 1. The van der Waals surface area contributed by atoms with Crippen LogP contribution in [0.25, 0.3) is 0 Å². The molecular weight excluding hydrogens is 1020 g/mol. The van der Waals surface area contributed by atoms with Crippen LogP contribution in [0, 0.1) is 0 Å². The van der Waals surface area contributed by atoms with Gasteiger partial charge in [0.05, 0.1) is 33.8 Å². The maximum Gasteiger partial charge on any atom is 0.306 e. The SMILES string of the molecule is CC/C=C\C/C=C\C/C=C\C/C=C\C/C=C\C/C=C\CCCCCCCCCCC(=O)NC(COP(=O)([O-])OCC[N+](C)(C)C)C(/C=C\CCCCCCCCCCCCC)OC(=O)CCCCCCCCCCCCCCCCC. The standard InChI is InChI=1S/C71H129N2O7P/c1-7-10-13-16-19-22-25-28-30-31-32-33-34-35-36-37-38-39-40-41-43-45-48-51-54-57-60-63-70(74)72-68(67-79-81(76,77)78-66-65-73(4,5)6)69(62-59-56-53-50-47-44-27-24-21-18-15-12-9-3)80-71(75)64-61-58-55-52-49-46-42-29-26-23-20-17-14-11-8-2/h10,13,19,22,28,30,32-33,35-36,38-39,59,62,68-69H,7-9,11-12,14-18,20-21,23-27,29,31,34,37,40-58,60-61,63-67H2,1-6H3,(H-,72,74,76,77)/b13-10-,22-19-,30-28-,33-32-,36-35-,39-38-,62-59-. The molecule has 0 radical (unpaired) electrons. The fourth-order valence-corrected chi connectivity index (χ4v) is 10.4. The van der Waals surface area contributed by atoms with Crippen molar-refractivity contribution in [3.63, 3.8) is 0 Å². The Kier molecular flexibility index (Phi) is 58.2. The van der Waals surface area contributed by atoms with Gasteiger partial charge in [-0.1, -0.05) is 292 Å². The monoisotopic (exact) mass is 1150 g/mol. The second kappa shape index (κ2) is 60.3. The quantitative estimate of drug-likeness (QED) is 0.0212. The molecule has 0 aromatic carbocycles. The molecule has 1 amide bonds. The number of hydrogen-bond donors (Lipinski definition) is 1. The topological polar surface area (TPSA) is 114 Å². The van der Waals surface area contributed by atoms with Crippen LogP contribution in [-0.4, -0.2) is 69.4 Å². The van der Waals surface area contributed by atoms with E-state index in [2.05, 4.69) is 99.0 Å². The van der Waals surface area contributed by atoms with Gasteiger partial charge >= 0.3 is 5.97 Å². The molecule has 3 atom stereocenters. The van der Waals surface area contributed by atoms with Gasteiger partial charge < -0.3 is 28.5 Å². The van der Waals surface area contributed by atoms with Gasteiger partial charge in [0.1, 0.15) is 19.3 Å². The number of esters is 1. The van der Waals surface area contributed by atoms with Crippen molar-refractivity contribution in [2.24, 2.45) is 0 Å². The van der Waals surface area contributed by atoms with E-state index < -0.39 is 26.6 Å². The molecule has 0 aliphatic rings. The van der Waals surface area contributed by atoms with E-state index >= 15 is 0 Å². The summed E-state index contributed by atoms with van der Waals surface area (Å²) < 4.78 is 30.4. The molecule has 0 aromatic rings. The number of unbranched alkanes of at least 4 members (excludes halogenated alkanes) is 33. The number of phosphoric ester groups is 1. The summed E-state index contributed by atoms with van der Waals surface area (Å²) in [6.07, 6.45) is 79.8. The Balaban J connectivity index is 5.13. The van der Waals surface area contributed by atoms with E-state index in [0.717, 1.165) is 109 Å². The molecule has 9 nitrogen and oxygen atoms in total. The third kappa shape index (κ3) is 61.6. The van der Waals surface area contributed by atoms with E-state index in [1.165, 1.54) is 161 Å². The molecule has 0 aliphatic carbocycles. The Morgan fingerprint density at radius 3 is 1.19 bits per heavy atom. The van der Waals surface area contributed by atoms with E-state index in [4.69, 9.17) is 13.8 Å². The van der Waals surface area contributed by atoms with E-state index in [9.17, 15) is 19.0 Å². The van der Waals surface area contributed by atoms with Crippen molar-refractivity contribution in [3.05, 3.63) is 85.1 Å². The Morgan fingerprint density at radius 2 is 0.790 bits per heavy atom. The predicted octanol–water partition coefficient (Wildman–Crippen LogP) is 20.7. The minimum Gasteiger partial charge on any atom is -0.756 e. The number of phosphoric acid groups is 1. The Morgan fingerprint density at radius 1 is 0.444 bits per heavy atom. The number of amides is 1. The number of allylic oxidation sites excluding steroid dienone is 13. The highest BCUT2D eigenvalue weighted by molar-refractivity contribution is 7.45. The van der Waals surface area contributed by atoms with Crippen molar-refractivity contribution in [1.82, 2.24) is 5.32 Å². The minimum absolute atomic E-state index is 0.0256. The van der Waals surface area contributed by atoms with Crippen LogP contribution in [0.2, 0.25) is 0 Å². The first-order valence-corrected chi connectivity index (χ1v) is 35.4. The molecule has 0 saturated carbocycles. The number of rotatable bonds is 61. The summed E-state index contributed by atoms with van der Waals surface area (Å²) in [4.78, 5) is 40.1. The fraction of sp³-hybridized carbons (Fsp3) is 0.775. The molecule has 0 aromatic heterocycles. The lowest BCUT2D eigenvalue weighted by Gasteiger charge is -2.30. The number of nitrogens with zero attached hydrogens (tertiary/aromatic N) is 1. The van der Waals surface area contributed by atoms with Crippen molar-refractivity contribution < 1.29 is 37.3 Å². The Labute approximate surface area is 501 Å². The number of ether oxygens (including phenoxy) is 1. The lowest BCUT2D eigenvalue weighted by Crippen LogP contribution is -2.47. The van der Waals surface area contributed by atoms with Crippen molar-refractivity contribution in [2.45, 2.75) is 315 Å². The molecule has 0 rings (SSSR count). The van der Waals surface area contributed by atoms with E-state index in [1.54, 1.807) is 0 Å². The summed E-state index contributed by atoms with van der Waals surface area (Å²) in [5.74, 6) is -0.543. The molecule has 0 saturated heterocycles. The summed E-state index contributed by atoms with van der Waals surface area (Å²) in [7, 11) is 1.18. The van der Waals surface area contributed by atoms with Crippen LogP contribution in [-0.2, 0) is 27.9 Å². The average Bonchev–Trinajstić information content (AvgIpc) is 3.44. The molecule has 81 heavy (non-hydrogen) atoms. The Bertz CT molecular complexity index is 1660. The second-order valence-electron chi connectivity index (χ2n) is 24.0. The minimum atomic E-state index is -4.71. The van der Waals surface area contributed by atoms with Crippen LogP contribution in [0.3, 0.4) is 0 Å². The van der Waals surface area contributed by atoms with Crippen LogP contribution in [0.1, 0.15) is 303 Å². The fourth-order valence-electron chi connectivity index (χ4n) is 9.64. The summed E-state index contributed by atoms with van der Waals surface area (Å²) in [6.45, 7) is 6.75. The number of carbonyl (C=O) groups is 2. The lowest BCUT2D eigenvalue weighted by atomic mass is 10.0. The zero-order valence-corrected chi connectivity index (χ0v) is 54.6. The molecule has 10 heteroatoms. The normalized spacial score (nSPS) is 14.1. The van der Waals surface area contributed by atoms with Gasteiger partial charge in [0.2, 0.25) is 5.91 Å². The molecule has 1 N–H and O–H groups in total. The molecular formula is C71H129N2O7P. The largest absolute Gasteiger partial charge is 0.756 e. The van der Waals surface area contributed by atoms with Crippen molar-refractivity contribution in [2.75, 3.05) is 40.9 Å². The van der Waals surface area contributed by atoms with Crippen LogP contribution >= 0.6 is 7.82 Å². The first-order chi connectivity index (χ1) is 39.4. The van der Waals surface area contributed by atoms with Crippen LogP contribution < -0.4 is 10.2 Å². The van der Waals surface area contributed by atoms with Gasteiger partial charge in [-0.15, -0.1) is 0 Å². The van der Waals surface area contributed by atoms with Crippen molar-refractivity contribution >= 4 is 19.7 Å². The molecule has 0 fully saturated rings. The van der Waals surface area contributed by atoms with Crippen LogP contribution in [0.4, 0.5) is 0 Å². The highest BCUT2D eigenvalue weighted by Crippen LogP contribution is 2.38. The molecule has 0 bridgehead atoms. The summed E-state index contributed by atoms with van der Waals surface area (Å²) in [5, 5.41) is 3.04. The smallest absolute Gasteiger partial charge is 0.306 e. The van der Waals surface area contributed by atoms with Crippen LogP contribution in [0.5, 0.6) is 0 Å². The van der Waals surface area contributed by atoms with Crippen molar-refractivity contribution in [3.8, 4) is 0 Å². The van der Waals surface area contributed by atoms with Gasteiger partial charge in [-0.25, -0.2) is 0 Å².